The Hall–Kier alpha value is -0.360. The highest BCUT2D eigenvalue weighted by atomic mass is 35.5. The van der Waals surface area contributed by atoms with Crippen molar-refractivity contribution in [2.75, 3.05) is 19.6 Å². The molecule has 22 heavy (non-hydrogen) atoms. The number of hydrogen-bond donors (Lipinski definition) is 2. The van der Waals surface area contributed by atoms with Crippen molar-refractivity contribution in [3.05, 3.63) is 12.7 Å². The van der Waals surface area contributed by atoms with Crippen LogP contribution >= 0.6 is 24.8 Å². The van der Waals surface area contributed by atoms with E-state index in [1.807, 2.05) is 4.68 Å². The summed E-state index contributed by atoms with van der Waals surface area (Å²) in [5.41, 5.74) is 0.685. The van der Waals surface area contributed by atoms with Crippen LogP contribution in [0.5, 0.6) is 0 Å². The van der Waals surface area contributed by atoms with E-state index in [9.17, 15) is 0 Å². The third kappa shape index (κ3) is 5.37. The first-order valence-electron chi connectivity index (χ1n) is 8.13. The molecule has 1 aromatic rings. The lowest BCUT2D eigenvalue weighted by Gasteiger charge is -2.43. The molecule has 1 saturated heterocycles. The first-order valence-corrected chi connectivity index (χ1v) is 8.13. The zero-order valence-electron chi connectivity index (χ0n) is 13.2. The number of nitrogens with zero attached hydrogens (tertiary/aromatic N) is 3. The van der Waals surface area contributed by atoms with Crippen LogP contribution in [0.4, 0.5) is 0 Å². The van der Waals surface area contributed by atoms with E-state index in [0.717, 1.165) is 25.6 Å². The van der Waals surface area contributed by atoms with Gasteiger partial charge in [0.25, 0.3) is 0 Å². The van der Waals surface area contributed by atoms with E-state index in [1.165, 1.54) is 51.6 Å². The fraction of sp³-hybridized carbons (Fsp3) is 0.867. The molecule has 128 valence electrons. The molecule has 2 fully saturated rings. The van der Waals surface area contributed by atoms with Gasteiger partial charge in [0.2, 0.25) is 0 Å². The van der Waals surface area contributed by atoms with Crippen LogP contribution in [0.3, 0.4) is 0 Å². The smallest absolute Gasteiger partial charge is 0.137 e. The summed E-state index contributed by atoms with van der Waals surface area (Å²) in [5, 5.41) is 11.4. The van der Waals surface area contributed by atoms with Gasteiger partial charge in [-0.2, -0.15) is 5.10 Å². The number of halogens is 2. The SMILES string of the molecule is Cl.Cl.c1ncn(CCCNC2CCC3(CCNCC3)CC2)n1. The monoisotopic (exact) mass is 349 g/mol. The molecule has 1 saturated carbocycles. The van der Waals surface area contributed by atoms with Crippen molar-refractivity contribution in [1.82, 2.24) is 25.4 Å². The Morgan fingerprint density at radius 3 is 2.50 bits per heavy atom. The Bertz CT molecular complexity index is 383. The molecular formula is C15H29Cl2N5. The van der Waals surface area contributed by atoms with Crippen LogP contribution in [-0.2, 0) is 6.54 Å². The van der Waals surface area contributed by atoms with Crippen LogP contribution in [0.25, 0.3) is 0 Å². The van der Waals surface area contributed by atoms with Crippen molar-refractivity contribution in [1.29, 1.82) is 0 Å². The Morgan fingerprint density at radius 2 is 1.86 bits per heavy atom. The minimum Gasteiger partial charge on any atom is -0.317 e. The van der Waals surface area contributed by atoms with Crippen LogP contribution in [0.2, 0.25) is 0 Å². The van der Waals surface area contributed by atoms with E-state index in [2.05, 4.69) is 20.7 Å². The fourth-order valence-corrected chi connectivity index (χ4v) is 3.79. The average molecular weight is 350 g/mol. The lowest BCUT2D eigenvalue weighted by Crippen LogP contribution is -2.43. The fourth-order valence-electron chi connectivity index (χ4n) is 3.79. The van der Waals surface area contributed by atoms with Crippen molar-refractivity contribution < 1.29 is 0 Å². The first-order chi connectivity index (χ1) is 9.86. The van der Waals surface area contributed by atoms with E-state index in [-0.39, 0.29) is 24.8 Å². The minimum absolute atomic E-state index is 0. The molecular weight excluding hydrogens is 321 g/mol. The molecule has 0 aromatic carbocycles. The molecule has 5 nitrogen and oxygen atoms in total. The van der Waals surface area contributed by atoms with Gasteiger partial charge in [-0.25, -0.2) is 4.98 Å². The number of piperidine rings is 1. The molecule has 2 aliphatic rings. The van der Waals surface area contributed by atoms with Crippen molar-refractivity contribution in [3.63, 3.8) is 0 Å². The third-order valence-corrected chi connectivity index (χ3v) is 5.17. The van der Waals surface area contributed by atoms with Gasteiger partial charge >= 0.3 is 0 Å². The van der Waals surface area contributed by atoms with E-state index in [1.54, 1.807) is 12.7 Å². The zero-order chi connectivity index (χ0) is 13.7. The summed E-state index contributed by atoms with van der Waals surface area (Å²) < 4.78 is 1.91. The molecule has 1 aromatic heterocycles. The quantitative estimate of drug-likeness (QED) is 0.801. The second-order valence-corrected chi connectivity index (χ2v) is 6.49. The summed E-state index contributed by atoms with van der Waals surface area (Å²) in [5.74, 6) is 0. The Kier molecular flexibility index (Phi) is 8.69. The first kappa shape index (κ1) is 19.7. The largest absolute Gasteiger partial charge is 0.317 e. The molecule has 2 N–H and O–H groups in total. The molecule has 0 radical (unpaired) electrons. The highest BCUT2D eigenvalue weighted by Crippen LogP contribution is 2.43. The number of rotatable bonds is 5. The normalized spacial score (nSPS) is 21.1. The van der Waals surface area contributed by atoms with Crippen LogP contribution < -0.4 is 10.6 Å². The van der Waals surface area contributed by atoms with Gasteiger partial charge in [0, 0.05) is 12.6 Å². The molecule has 1 spiro atoms. The topological polar surface area (TPSA) is 54.8 Å². The predicted octanol–water partition coefficient (Wildman–Crippen LogP) is 2.41. The molecule has 0 atom stereocenters. The number of aryl methyl sites for hydroxylation is 1. The van der Waals surface area contributed by atoms with Crippen LogP contribution in [-0.4, -0.2) is 40.4 Å². The van der Waals surface area contributed by atoms with E-state index in [4.69, 9.17) is 0 Å². The maximum absolute atomic E-state index is 4.13. The maximum Gasteiger partial charge on any atom is 0.137 e. The zero-order valence-corrected chi connectivity index (χ0v) is 14.8. The van der Waals surface area contributed by atoms with Crippen molar-refractivity contribution in [3.8, 4) is 0 Å². The van der Waals surface area contributed by atoms with E-state index in [0.29, 0.717) is 5.41 Å². The van der Waals surface area contributed by atoms with E-state index >= 15 is 0 Å². The lowest BCUT2D eigenvalue weighted by atomic mass is 9.67. The summed E-state index contributed by atoms with van der Waals surface area (Å²) in [6.07, 6.45) is 12.9. The number of aromatic nitrogens is 3. The Balaban J connectivity index is 0.00000121. The van der Waals surface area contributed by atoms with Gasteiger partial charge in [0.05, 0.1) is 0 Å². The highest BCUT2D eigenvalue weighted by Gasteiger charge is 2.35. The van der Waals surface area contributed by atoms with Gasteiger partial charge in [0.15, 0.2) is 0 Å². The molecule has 0 amide bonds. The van der Waals surface area contributed by atoms with Crippen molar-refractivity contribution in [2.24, 2.45) is 5.41 Å². The molecule has 0 bridgehead atoms. The lowest BCUT2D eigenvalue weighted by molar-refractivity contribution is 0.115. The summed E-state index contributed by atoms with van der Waals surface area (Å²) >= 11 is 0. The van der Waals surface area contributed by atoms with Gasteiger partial charge < -0.3 is 10.6 Å². The van der Waals surface area contributed by atoms with E-state index < -0.39 is 0 Å². The summed E-state index contributed by atoms with van der Waals surface area (Å²) in [6.45, 7) is 4.53. The molecule has 2 heterocycles. The average Bonchev–Trinajstić information content (AvgIpc) is 3.00. The third-order valence-electron chi connectivity index (χ3n) is 5.17. The molecule has 3 rings (SSSR count). The van der Waals surface area contributed by atoms with Crippen molar-refractivity contribution >= 4 is 24.8 Å². The molecule has 1 aliphatic carbocycles. The van der Waals surface area contributed by atoms with Gasteiger partial charge in [-0.05, 0) is 70.0 Å². The van der Waals surface area contributed by atoms with Gasteiger partial charge in [-0.3, -0.25) is 4.68 Å². The van der Waals surface area contributed by atoms with Gasteiger partial charge in [-0.1, -0.05) is 0 Å². The summed E-state index contributed by atoms with van der Waals surface area (Å²) in [4.78, 5) is 3.97. The van der Waals surface area contributed by atoms with Crippen LogP contribution in [0.1, 0.15) is 44.9 Å². The second-order valence-electron chi connectivity index (χ2n) is 6.49. The Morgan fingerprint density at radius 1 is 1.14 bits per heavy atom. The molecule has 0 unspecified atom stereocenters. The van der Waals surface area contributed by atoms with Gasteiger partial charge in [-0.15, -0.1) is 24.8 Å². The standard InChI is InChI=1S/C15H27N5.2ClH/c1(11-20-13-17-12-19-20)8-18-14-2-4-15(5-3-14)6-9-16-10-7-15;;/h12-14,16,18H,1-11H2;2*1H. The molecule has 1 aliphatic heterocycles. The Labute approximate surface area is 145 Å². The van der Waals surface area contributed by atoms with Gasteiger partial charge in [0.1, 0.15) is 12.7 Å². The maximum atomic E-state index is 4.13. The number of nitrogens with one attached hydrogen (secondary N) is 2. The molecule has 7 heteroatoms. The predicted molar refractivity (Wildman–Crippen MR) is 93.9 cm³/mol. The number of hydrogen-bond acceptors (Lipinski definition) is 4. The second kappa shape index (κ2) is 9.71. The van der Waals surface area contributed by atoms with Crippen LogP contribution in [0, 0.1) is 5.41 Å². The van der Waals surface area contributed by atoms with Crippen LogP contribution in [0.15, 0.2) is 12.7 Å². The summed E-state index contributed by atoms with van der Waals surface area (Å²) in [7, 11) is 0. The highest BCUT2D eigenvalue weighted by molar-refractivity contribution is 5.85. The summed E-state index contributed by atoms with van der Waals surface area (Å²) in [6, 6.07) is 0.742. The van der Waals surface area contributed by atoms with Crippen molar-refractivity contribution in [2.45, 2.75) is 57.5 Å². The minimum atomic E-state index is 0.